The maximum Gasteiger partial charge on any atom is 0.253 e. The highest BCUT2D eigenvalue weighted by Crippen LogP contribution is 2.31. The lowest BCUT2D eigenvalue weighted by atomic mass is 9.92. The maximum atomic E-state index is 12.8. The van der Waals surface area contributed by atoms with Crippen LogP contribution < -0.4 is 16.4 Å². The number of piperidine rings is 1. The van der Waals surface area contributed by atoms with Crippen molar-refractivity contribution in [1.82, 2.24) is 19.5 Å². The zero-order valence-electron chi connectivity index (χ0n) is 19.3. The zero-order chi connectivity index (χ0) is 22.8. The van der Waals surface area contributed by atoms with Crippen molar-refractivity contribution in [2.75, 3.05) is 23.7 Å². The third-order valence-electron chi connectivity index (χ3n) is 6.94. The second-order valence-corrected chi connectivity index (χ2v) is 9.36. The van der Waals surface area contributed by atoms with Crippen LogP contribution in [0.4, 0.5) is 17.2 Å². The third-order valence-corrected chi connectivity index (χ3v) is 6.94. The number of imidazole rings is 1. The van der Waals surface area contributed by atoms with Crippen LogP contribution in [0.25, 0.3) is 5.65 Å². The van der Waals surface area contributed by atoms with Gasteiger partial charge in [0.1, 0.15) is 0 Å². The summed E-state index contributed by atoms with van der Waals surface area (Å²) in [6.45, 7) is 3.78. The van der Waals surface area contributed by atoms with Crippen LogP contribution in [0.15, 0.2) is 36.7 Å². The van der Waals surface area contributed by atoms with Gasteiger partial charge in [0.05, 0.1) is 5.69 Å². The average molecular weight is 448 g/mol. The molecule has 2 fully saturated rings. The number of hydrogen-bond donors (Lipinski definition) is 3. The van der Waals surface area contributed by atoms with Crippen molar-refractivity contribution < 1.29 is 4.79 Å². The minimum absolute atomic E-state index is 0.121. The molecular weight excluding hydrogens is 414 g/mol. The van der Waals surface area contributed by atoms with Gasteiger partial charge in [-0.15, -0.1) is 5.10 Å². The predicted octanol–water partition coefficient (Wildman–Crippen LogP) is 4.09. The molecule has 0 unspecified atom stereocenters. The molecule has 0 radical (unpaired) electrons. The number of aromatic nitrogens is 3. The van der Waals surface area contributed by atoms with Gasteiger partial charge in [0.25, 0.3) is 5.91 Å². The molecule has 3 heterocycles. The fraction of sp³-hybridized carbons (Fsp3) is 0.480. The molecule has 3 aromatic rings. The van der Waals surface area contributed by atoms with Crippen LogP contribution >= 0.6 is 0 Å². The van der Waals surface area contributed by atoms with Crippen LogP contribution in [0.2, 0.25) is 0 Å². The second-order valence-electron chi connectivity index (χ2n) is 9.36. The van der Waals surface area contributed by atoms with Gasteiger partial charge in [-0.1, -0.05) is 0 Å². The van der Waals surface area contributed by atoms with Gasteiger partial charge in [0.15, 0.2) is 11.5 Å². The molecular formula is C25H33N7O. The van der Waals surface area contributed by atoms with E-state index >= 15 is 0 Å². The first-order valence-corrected chi connectivity index (χ1v) is 12.1. The van der Waals surface area contributed by atoms with Gasteiger partial charge >= 0.3 is 0 Å². The molecule has 0 spiro atoms. The zero-order valence-corrected chi connectivity index (χ0v) is 19.3. The van der Waals surface area contributed by atoms with E-state index < -0.39 is 0 Å². The number of likely N-dealkylation sites (tertiary alicyclic amines) is 1. The largest absolute Gasteiger partial charge is 0.366 e. The van der Waals surface area contributed by atoms with Crippen molar-refractivity contribution in [2.45, 2.75) is 64.0 Å². The molecule has 2 aliphatic rings. The summed E-state index contributed by atoms with van der Waals surface area (Å²) in [5, 5.41) is 11.9. The standard InChI is InChI=1S/C25H33N7O/c1-17-22(28-20-9-5-18(6-10-20)25(33)31-14-3-2-4-15-31)24-27-13-16-32(24)30-23(17)29-21-11-7-19(26)8-12-21/h5-6,9-10,13,16,19,21,28H,2-4,7-8,11-12,14-15,26H2,1H3,(H,29,30)/t19-,21+. The molecule has 174 valence electrons. The summed E-state index contributed by atoms with van der Waals surface area (Å²) in [6.07, 6.45) is 11.2. The highest BCUT2D eigenvalue weighted by Gasteiger charge is 2.22. The molecule has 33 heavy (non-hydrogen) atoms. The molecule has 8 nitrogen and oxygen atoms in total. The average Bonchev–Trinajstić information content (AvgIpc) is 3.32. The van der Waals surface area contributed by atoms with E-state index in [1.54, 1.807) is 10.7 Å². The Bertz CT molecular complexity index is 1110. The van der Waals surface area contributed by atoms with Crippen LogP contribution in [0, 0.1) is 6.92 Å². The Morgan fingerprint density at radius 1 is 1.06 bits per heavy atom. The minimum Gasteiger partial charge on any atom is -0.366 e. The van der Waals surface area contributed by atoms with Crippen molar-refractivity contribution in [3.8, 4) is 0 Å². The minimum atomic E-state index is 0.121. The van der Waals surface area contributed by atoms with E-state index in [0.29, 0.717) is 12.1 Å². The summed E-state index contributed by atoms with van der Waals surface area (Å²) in [6, 6.07) is 8.43. The van der Waals surface area contributed by atoms with E-state index in [1.165, 1.54) is 6.42 Å². The van der Waals surface area contributed by atoms with E-state index in [0.717, 1.165) is 85.6 Å². The first-order valence-electron chi connectivity index (χ1n) is 12.1. The fourth-order valence-corrected chi connectivity index (χ4v) is 4.89. The van der Waals surface area contributed by atoms with E-state index in [4.69, 9.17) is 10.8 Å². The Morgan fingerprint density at radius 3 is 2.52 bits per heavy atom. The summed E-state index contributed by atoms with van der Waals surface area (Å²) in [5.74, 6) is 0.982. The first kappa shape index (κ1) is 21.7. The summed E-state index contributed by atoms with van der Waals surface area (Å²) >= 11 is 0. The molecule has 5 rings (SSSR count). The lowest BCUT2D eigenvalue weighted by Gasteiger charge is -2.28. The molecule has 0 atom stereocenters. The summed E-state index contributed by atoms with van der Waals surface area (Å²) in [4.78, 5) is 19.3. The molecule has 1 saturated heterocycles. The van der Waals surface area contributed by atoms with Crippen molar-refractivity contribution in [3.63, 3.8) is 0 Å². The lowest BCUT2D eigenvalue weighted by Crippen LogP contribution is -2.35. The molecule has 2 aromatic heterocycles. The Kier molecular flexibility index (Phi) is 6.17. The van der Waals surface area contributed by atoms with Crippen molar-refractivity contribution in [3.05, 3.63) is 47.8 Å². The molecule has 1 saturated carbocycles. The fourth-order valence-electron chi connectivity index (χ4n) is 4.89. The van der Waals surface area contributed by atoms with Crippen molar-refractivity contribution in [2.24, 2.45) is 5.73 Å². The number of rotatable bonds is 5. The third kappa shape index (κ3) is 4.66. The molecule has 4 N–H and O–H groups in total. The van der Waals surface area contributed by atoms with Crippen LogP contribution in [0.1, 0.15) is 60.9 Å². The van der Waals surface area contributed by atoms with E-state index in [-0.39, 0.29) is 5.91 Å². The monoisotopic (exact) mass is 447 g/mol. The van der Waals surface area contributed by atoms with Gasteiger partial charge in [-0.05, 0) is 76.1 Å². The van der Waals surface area contributed by atoms with Crippen LogP contribution in [0.5, 0.6) is 0 Å². The molecule has 1 aromatic carbocycles. The van der Waals surface area contributed by atoms with Crippen molar-refractivity contribution in [1.29, 1.82) is 0 Å². The number of hydrogen-bond acceptors (Lipinski definition) is 6. The normalized spacial score (nSPS) is 21.2. The Hall–Kier alpha value is -3.13. The topological polar surface area (TPSA) is 101 Å². The number of nitrogens with two attached hydrogens (primary N) is 1. The number of benzene rings is 1. The molecule has 0 bridgehead atoms. The molecule has 1 aliphatic heterocycles. The van der Waals surface area contributed by atoms with Gasteiger partial charge in [0, 0.05) is 54.4 Å². The highest BCUT2D eigenvalue weighted by atomic mass is 16.2. The molecule has 8 heteroatoms. The van der Waals surface area contributed by atoms with Gasteiger partial charge in [-0.2, -0.15) is 0 Å². The van der Waals surface area contributed by atoms with Crippen molar-refractivity contribution >= 4 is 28.7 Å². The molecule has 1 aliphatic carbocycles. The maximum absolute atomic E-state index is 12.8. The first-order chi connectivity index (χ1) is 16.1. The van der Waals surface area contributed by atoms with Crippen LogP contribution in [-0.2, 0) is 0 Å². The Morgan fingerprint density at radius 2 is 1.79 bits per heavy atom. The van der Waals surface area contributed by atoms with Gasteiger partial charge in [-0.25, -0.2) is 9.50 Å². The molecule has 1 amide bonds. The number of anilines is 3. The summed E-state index contributed by atoms with van der Waals surface area (Å²) in [7, 11) is 0. The number of fused-ring (bicyclic) bond motifs is 1. The van der Waals surface area contributed by atoms with E-state index in [2.05, 4.69) is 22.5 Å². The highest BCUT2D eigenvalue weighted by molar-refractivity contribution is 5.94. The number of carbonyl (C=O) groups is 1. The Labute approximate surface area is 194 Å². The number of nitrogens with zero attached hydrogens (tertiary/aromatic N) is 4. The van der Waals surface area contributed by atoms with E-state index in [9.17, 15) is 4.79 Å². The van der Waals surface area contributed by atoms with E-state index in [1.807, 2.05) is 35.4 Å². The van der Waals surface area contributed by atoms with Crippen LogP contribution in [-0.4, -0.2) is 50.6 Å². The van der Waals surface area contributed by atoms with Gasteiger partial charge in [-0.3, -0.25) is 4.79 Å². The number of nitrogens with one attached hydrogen (secondary N) is 2. The quantitative estimate of drug-likeness (QED) is 0.545. The summed E-state index contributed by atoms with van der Waals surface area (Å²) in [5.41, 5.74) is 10.4. The van der Waals surface area contributed by atoms with Crippen LogP contribution in [0.3, 0.4) is 0 Å². The summed E-state index contributed by atoms with van der Waals surface area (Å²) < 4.78 is 1.81. The second kappa shape index (κ2) is 9.39. The smallest absolute Gasteiger partial charge is 0.253 e. The predicted molar refractivity (Wildman–Crippen MR) is 131 cm³/mol. The van der Waals surface area contributed by atoms with Gasteiger partial charge < -0.3 is 21.3 Å². The Balaban J connectivity index is 1.36. The number of carbonyl (C=O) groups excluding carboxylic acids is 1. The SMILES string of the molecule is Cc1c(N[C@H]2CC[C@@H](N)CC2)nn2ccnc2c1Nc1ccc(C(=O)N2CCCCC2)cc1. The lowest BCUT2D eigenvalue weighted by molar-refractivity contribution is 0.0724. The van der Waals surface area contributed by atoms with Gasteiger partial charge in [0.2, 0.25) is 0 Å². The number of amides is 1.